The summed E-state index contributed by atoms with van der Waals surface area (Å²) in [5.74, 6) is 1.27. The molecule has 0 radical (unpaired) electrons. The molecule has 1 aromatic carbocycles. The Labute approximate surface area is 117 Å². The molecule has 0 saturated carbocycles. The summed E-state index contributed by atoms with van der Waals surface area (Å²) in [7, 11) is 0. The predicted molar refractivity (Wildman–Crippen MR) is 83.4 cm³/mol. The molecule has 1 nitrogen and oxygen atoms in total. The maximum Gasteiger partial charge on any atom is 0.00719 e. The summed E-state index contributed by atoms with van der Waals surface area (Å²) in [6.45, 7) is 4.02. The van der Waals surface area contributed by atoms with Crippen LogP contribution in [0.4, 0.5) is 0 Å². The number of hydrogen-bond acceptors (Lipinski definition) is 2. The van der Waals surface area contributed by atoms with Gasteiger partial charge in [0, 0.05) is 4.90 Å². The normalized spacial score (nSPS) is 15.6. The Morgan fingerprint density at radius 3 is 2.39 bits per heavy atom. The number of thioether (sulfide) groups is 1. The molecule has 1 fully saturated rings. The SMILES string of the molecule is C.c1ccc(SCCCCCN2CCCC2)cc1. The zero-order valence-corrected chi connectivity index (χ0v) is 11.4. The van der Waals surface area contributed by atoms with E-state index in [-0.39, 0.29) is 7.43 Å². The summed E-state index contributed by atoms with van der Waals surface area (Å²) >= 11 is 1.99. The van der Waals surface area contributed by atoms with Crippen LogP contribution in [0.25, 0.3) is 0 Å². The van der Waals surface area contributed by atoms with Gasteiger partial charge in [0.25, 0.3) is 0 Å². The van der Waals surface area contributed by atoms with Crippen LogP contribution in [-0.2, 0) is 0 Å². The summed E-state index contributed by atoms with van der Waals surface area (Å²) in [6.07, 6.45) is 6.97. The van der Waals surface area contributed by atoms with Gasteiger partial charge in [-0.3, -0.25) is 0 Å². The number of rotatable bonds is 7. The van der Waals surface area contributed by atoms with Crippen molar-refractivity contribution in [3.8, 4) is 0 Å². The Hall–Kier alpha value is -0.470. The van der Waals surface area contributed by atoms with Gasteiger partial charge in [-0.05, 0) is 63.2 Å². The first-order valence-corrected chi connectivity index (χ1v) is 7.84. The minimum Gasteiger partial charge on any atom is -0.303 e. The molecule has 0 aromatic heterocycles. The molecule has 18 heavy (non-hydrogen) atoms. The number of likely N-dealkylation sites (tertiary alicyclic amines) is 1. The lowest BCUT2D eigenvalue weighted by molar-refractivity contribution is 0.330. The monoisotopic (exact) mass is 265 g/mol. The minimum absolute atomic E-state index is 0. The molecular formula is C16H27NS. The molecule has 1 saturated heterocycles. The summed E-state index contributed by atoms with van der Waals surface area (Å²) in [4.78, 5) is 4.02. The molecule has 0 atom stereocenters. The summed E-state index contributed by atoms with van der Waals surface area (Å²) < 4.78 is 0. The fraction of sp³-hybridized carbons (Fsp3) is 0.625. The Balaban J connectivity index is 0.00000162. The van der Waals surface area contributed by atoms with Crippen molar-refractivity contribution in [3.05, 3.63) is 30.3 Å². The molecule has 102 valence electrons. The van der Waals surface area contributed by atoms with E-state index in [1.807, 2.05) is 11.8 Å². The Morgan fingerprint density at radius 2 is 1.67 bits per heavy atom. The minimum atomic E-state index is 0. The van der Waals surface area contributed by atoms with Crippen LogP contribution in [-0.4, -0.2) is 30.3 Å². The van der Waals surface area contributed by atoms with Gasteiger partial charge in [-0.25, -0.2) is 0 Å². The van der Waals surface area contributed by atoms with Crippen molar-refractivity contribution in [2.75, 3.05) is 25.4 Å². The van der Waals surface area contributed by atoms with Crippen LogP contribution in [0.2, 0.25) is 0 Å². The van der Waals surface area contributed by atoms with Gasteiger partial charge < -0.3 is 4.90 Å². The van der Waals surface area contributed by atoms with Gasteiger partial charge in [-0.1, -0.05) is 32.0 Å². The van der Waals surface area contributed by atoms with E-state index in [0.29, 0.717) is 0 Å². The molecule has 1 aliphatic rings. The second-order valence-corrected chi connectivity index (χ2v) is 5.94. The lowest BCUT2D eigenvalue weighted by Gasteiger charge is -2.13. The van der Waals surface area contributed by atoms with Gasteiger partial charge in [0.05, 0.1) is 0 Å². The Morgan fingerprint density at radius 1 is 0.944 bits per heavy atom. The molecule has 1 heterocycles. The molecular weight excluding hydrogens is 238 g/mol. The number of unbranched alkanes of at least 4 members (excludes halogenated alkanes) is 2. The second-order valence-electron chi connectivity index (χ2n) is 4.77. The second kappa shape index (κ2) is 9.46. The van der Waals surface area contributed by atoms with E-state index in [9.17, 15) is 0 Å². The van der Waals surface area contributed by atoms with Gasteiger partial charge in [-0.2, -0.15) is 0 Å². The fourth-order valence-corrected chi connectivity index (χ4v) is 3.26. The van der Waals surface area contributed by atoms with Gasteiger partial charge in [0.1, 0.15) is 0 Å². The van der Waals surface area contributed by atoms with Gasteiger partial charge in [-0.15, -0.1) is 11.8 Å². The van der Waals surface area contributed by atoms with Crippen molar-refractivity contribution < 1.29 is 0 Å². The van der Waals surface area contributed by atoms with Gasteiger partial charge in [0.2, 0.25) is 0 Å². The number of benzene rings is 1. The molecule has 0 spiro atoms. The molecule has 2 heteroatoms. The van der Waals surface area contributed by atoms with Crippen molar-refractivity contribution in [3.63, 3.8) is 0 Å². The highest BCUT2D eigenvalue weighted by molar-refractivity contribution is 7.99. The first-order valence-electron chi connectivity index (χ1n) is 6.85. The van der Waals surface area contributed by atoms with Crippen molar-refractivity contribution in [2.24, 2.45) is 0 Å². The first-order chi connectivity index (χ1) is 8.45. The van der Waals surface area contributed by atoms with Crippen LogP contribution >= 0.6 is 11.8 Å². The van der Waals surface area contributed by atoms with Crippen molar-refractivity contribution in [2.45, 2.75) is 44.4 Å². The van der Waals surface area contributed by atoms with Crippen molar-refractivity contribution in [1.29, 1.82) is 0 Å². The van der Waals surface area contributed by atoms with E-state index in [4.69, 9.17) is 0 Å². The van der Waals surface area contributed by atoms with Gasteiger partial charge in [0.15, 0.2) is 0 Å². The van der Waals surface area contributed by atoms with E-state index >= 15 is 0 Å². The largest absolute Gasteiger partial charge is 0.303 e. The fourth-order valence-electron chi connectivity index (χ4n) is 2.33. The molecule has 0 N–H and O–H groups in total. The summed E-state index contributed by atoms with van der Waals surface area (Å²) in [5, 5.41) is 0. The van der Waals surface area contributed by atoms with Crippen LogP contribution in [0, 0.1) is 0 Å². The van der Waals surface area contributed by atoms with Crippen LogP contribution in [0.3, 0.4) is 0 Å². The third kappa shape index (κ3) is 5.92. The molecule has 0 bridgehead atoms. The molecule has 0 amide bonds. The zero-order valence-electron chi connectivity index (χ0n) is 10.6. The lowest BCUT2D eigenvalue weighted by atomic mass is 10.2. The Bertz CT molecular complexity index is 293. The van der Waals surface area contributed by atoms with Crippen molar-refractivity contribution in [1.82, 2.24) is 4.90 Å². The smallest absolute Gasteiger partial charge is 0.00719 e. The molecule has 1 aliphatic heterocycles. The summed E-state index contributed by atoms with van der Waals surface area (Å²) in [6, 6.07) is 10.7. The van der Waals surface area contributed by atoms with E-state index in [2.05, 4.69) is 35.2 Å². The van der Waals surface area contributed by atoms with E-state index < -0.39 is 0 Å². The maximum absolute atomic E-state index is 2.62. The van der Waals surface area contributed by atoms with E-state index in [1.54, 1.807) is 0 Å². The topological polar surface area (TPSA) is 3.24 Å². The molecule has 2 rings (SSSR count). The van der Waals surface area contributed by atoms with Crippen LogP contribution in [0.1, 0.15) is 39.5 Å². The van der Waals surface area contributed by atoms with Gasteiger partial charge >= 0.3 is 0 Å². The third-order valence-electron chi connectivity index (χ3n) is 3.33. The highest BCUT2D eigenvalue weighted by atomic mass is 32.2. The maximum atomic E-state index is 2.62. The average Bonchev–Trinajstić information content (AvgIpc) is 2.88. The van der Waals surface area contributed by atoms with E-state index in [1.165, 1.54) is 62.4 Å². The van der Waals surface area contributed by atoms with E-state index in [0.717, 1.165) is 0 Å². The third-order valence-corrected chi connectivity index (χ3v) is 4.43. The average molecular weight is 265 g/mol. The highest BCUT2D eigenvalue weighted by Crippen LogP contribution is 2.19. The molecule has 0 aliphatic carbocycles. The highest BCUT2D eigenvalue weighted by Gasteiger charge is 2.09. The lowest BCUT2D eigenvalue weighted by Crippen LogP contribution is -2.20. The van der Waals surface area contributed by atoms with Crippen LogP contribution < -0.4 is 0 Å². The quantitative estimate of drug-likeness (QED) is 0.520. The Kier molecular flexibility index (Phi) is 8.19. The number of hydrogen-bond donors (Lipinski definition) is 0. The number of nitrogens with zero attached hydrogens (tertiary/aromatic N) is 1. The predicted octanol–water partition coefficient (Wildman–Crippen LogP) is 4.68. The summed E-state index contributed by atoms with van der Waals surface area (Å²) in [5.41, 5.74) is 0. The zero-order chi connectivity index (χ0) is 11.8. The molecule has 0 unspecified atom stereocenters. The van der Waals surface area contributed by atoms with Crippen LogP contribution in [0.15, 0.2) is 35.2 Å². The molecule has 1 aromatic rings. The standard InChI is InChI=1S/C15H23NS.CH4/c1-3-9-15(10-4-1)17-14-8-2-5-11-16-12-6-7-13-16;/h1,3-4,9-10H,2,5-8,11-14H2;1H4. The van der Waals surface area contributed by atoms with Crippen molar-refractivity contribution >= 4 is 11.8 Å². The first kappa shape index (κ1) is 15.6. The van der Waals surface area contributed by atoms with Crippen LogP contribution in [0.5, 0.6) is 0 Å².